The molecule has 0 aliphatic heterocycles. The van der Waals surface area contributed by atoms with Gasteiger partial charge in [0.05, 0.1) is 17.3 Å². The number of aliphatic hydroxyl groups is 1. The van der Waals surface area contributed by atoms with Gasteiger partial charge in [0.1, 0.15) is 5.82 Å². The molecule has 3 rings (SSSR count). The molecular formula is C18H16FN3O2. The number of hydrogen-bond donors (Lipinski definition) is 3. The molecule has 2 aromatic carbocycles. The van der Waals surface area contributed by atoms with Crippen LogP contribution in [0.5, 0.6) is 0 Å². The Morgan fingerprint density at radius 2 is 1.92 bits per heavy atom. The smallest absolute Gasteiger partial charge is 0.319 e. The van der Waals surface area contributed by atoms with E-state index in [2.05, 4.69) is 15.6 Å². The minimum atomic E-state index is -1.12. The molecule has 1 heterocycles. The van der Waals surface area contributed by atoms with Gasteiger partial charge in [-0.25, -0.2) is 9.18 Å². The van der Waals surface area contributed by atoms with Crippen LogP contribution in [0.3, 0.4) is 0 Å². The molecule has 6 heteroatoms. The van der Waals surface area contributed by atoms with E-state index in [-0.39, 0.29) is 12.1 Å². The van der Waals surface area contributed by atoms with Crippen molar-refractivity contribution in [2.75, 3.05) is 11.9 Å². The second kappa shape index (κ2) is 7.06. The van der Waals surface area contributed by atoms with Crippen molar-refractivity contribution in [2.24, 2.45) is 0 Å². The van der Waals surface area contributed by atoms with E-state index in [0.29, 0.717) is 11.2 Å². The van der Waals surface area contributed by atoms with Gasteiger partial charge < -0.3 is 15.7 Å². The van der Waals surface area contributed by atoms with Gasteiger partial charge in [0, 0.05) is 23.7 Å². The number of nitrogens with zero attached hydrogens (tertiary/aromatic N) is 1. The molecular weight excluding hydrogens is 309 g/mol. The van der Waals surface area contributed by atoms with Crippen molar-refractivity contribution in [3.63, 3.8) is 0 Å². The van der Waals surface area contributed by atoms with Crippen molar-refractivity contribution in [3.05, 3.63) is 72.2 Å². The molecule has 1 aromatic heterocycles. The third-order valence-electron chi connectivity index (χ3n) is 3.60. The molecule has 0 unspecified atom stereocenters. The van der Waals surface area contributed by atoms with Crippen molar-refractivity contribution in [1.29, 1.82) is 0 Å². The highest BCUT2D eigenvalue weighted by Gasteiger charge is 2.13. The summed E-state index contributed by atoms with van der Waals surface area (Å²) in [6, 6.07) is 14.6. The Bertz CT molecular complexity index is 864. The number of pyridine rings is 1. The first kappa shape index (κ1) is 15.9. The fraction of sp³-hybridized carbons (Fsp3) is 0.111. The third kappa shape index (κ3) is 3.49. The standard InChI is InChI=1S/C18H16FN3O2/c19-14-8-2-1-7-13(14)16(23)11-21-18(24)22-15-9-3-5-12-6-4-10-20-17(12)15/h1-10,16,23H,11H2,(H2,21,22,24)/t16-/m1/s1. The minimum Gasteiger partial charge on any atom is -0.386 e. The van der Waals surface area contributed by atoms with Gasteiger partial charge in [-0.1, -0.05) is 36.4 Å². The number of carbonyl (C=O) groups is 1. The maximum atomic E-state index is 13.6. The topological polar surface area (TPSA) is 74.2 Å². The lowest BCUT2D eigenvalue weighted by atomic mass is 10.1. The SMILES string of the molecule is O=C(NC[C@@H](O)c1ccccc1F)Nc1cccc2cccnc12. The fourth-order valence-electron chi connectivity index (χ4n) is 2.42. The summed E-state index contributed by atoms with van der Waals surface area (Å²) in [6.45, 7) is -0.106. The van der Waals surface area contributed by atoms with Crippen LogP contribution in [0.1, 0.15) is 11.7 Å². The second-order valence-electron chi connectivity index (χ2n) is 5.25. The highest BCUT2D eigenvalue weighted by Crippen LogP contribution is 2.20. The first-order chi connectivity index (χ1) is 11.6. The first-order valence-corrected chi connectivity index (χ1v) is 7.46. The molecule has 122 valence electrons. The Morgan fingerprint density at radius 1 is 1.12 bits per heavy atom. The van der Waals surface area contributed by atoms with Gasteiger partial charge in [0.15, 0.2) is 0 Å². The molecule has 0 fully saturated rings. The highest BCUT2D eigenvalue weighted by molar-refractivity contribution is 5.99. The number of aliphatic hydroxyl groups excluding tert-OH is 1. The predicted molar refractivity (Wildman–Crippen MR) is 90.1 cm³/mol. The van der Waals surface area contributed by atoms with Crippen molar-refractivity contribution in [3.8, 4) is 0 Å². The Kier molecular flexibility index (Phi) is 4.67. The maximum absolute atomic E-state index is 13.6. The second-order valence-corrected chi connectivity index (χ2v) is 5.25. The molecule has 0 aliphatic carbocycles. The van der Waals surface area contributed by atoms with E-state index >= 15 is 0 Å². The van der Waals surface area contributed by atoms with Crippen LogP contribution >= 0.6 is 0 Å². The van der Waals surface area contributed by atoms with Gasteiger partial charge in [0.2, 0.25) is 0 Å². The molecule has 5 nitrogen and oxygen atoms in total. The van der Waals surface area contributed by atoms with Crippen LogP contribution in [-0.4, -0.2) is 22.7 Å². The summed E-state index contributed by atoms with van der Waals surface area (Å²) >= 11 is 0. The summed E-state index contributed by atoms with van der Waals surface area (Å²) in [6.07, 6.45) is 0.524. The summed E-state index contributed by atoms with van der Waals surface area (Å²) < 4.78 is 13.6. The van der Waals surface area contributed by atoms with E-state index in [0.717, 1.165) is 5.39 Å². The number of urea groups is 1. The van der Waals surface area contributed by atoms with Gasteiger partial charge >= 0.3 is 6.03 Å². The fourth-order valence-corrected chi connectivity index (χ4v) is 2.42. The molecule has 0 saturated heterocycles. The zero-order valence-electron chi connectivity index (χ0n) is 12.7. The average molecular weight is 325 g/mol. The van der Waals surface area contributed by atoms with Crippen molar-refractivity contribution in [2.45, 2.75) is 6.10 Å². The first-order valence-electron chi connectivity index (χ1n) is 7.46. The number of hydrogen-bond acceptors (Lipinski definition) is 3. The Balaban J connectivity index is 1.64. The number of carbonyl (C=O) groups excluding carboxylic acids is 1. The van der Waals surface area contributed by atoms with E-state index in [1.54, 1.807) is 24.4 Å². The highest BCUT2D eigenvalue weighted by atomic mass is 19.1. The van der Waals surface area contributed by atoms with Gasteiger partial charge in [-0.3, -0.25) is 4.98 Å². The van der Waals surface area contributed by atoms with Crippen molar-refractivity contribution in [1.82, 2.24) is 10.3 Å². The number of benzene rings is 2. The van der Waals surface area contributed by atoms with Crippen LogP contribution in [-0.2, 0) is 0 Å². The number of fused-ring (bicyclic) bond motifs is 1. The van der Waals surface area contributed by atoms with E-state index in [4.69, 9.17) is 0 Å². The third-order valence-corrected chi connectivity index (χ3v) is 3.60. The normalized spacial score (nSPS) is 11.9. The van der Waals surface area contributed by atoms with Crippen LogP contribution in [0.2, 0.25) is 0 Å². The molecule has 3 aromatic rings. The summed E-state index contributed by atoms with van der Waals surface area (Å²) in [7, 11) is 0. The van der Waals surface area contributed by atoms with Gasteiger partial charge in [-0.15, -0.1) is 0 Å². The number of halogens is 1. The van der Waals surface area contributed by atoms with Crippen LogP contribution in [0, 0.1) is 5.82 Å². The van der Waals surface area contributed by atoms with Crippen LogP contribution in [0.15, 0.2) is 60.8 Å². The van der Waals surface area contributed by atoms with Crippen LogP contribution < -0.4 is 10.6 Å². The van der Waals surface area contributed by atoms with E-state index in [9.17, 15) is 14.3 Å². The number of amides is 2. The molecule has 0 radical (unpaired) electrons. The zero-order chi connectivity index (χ0) is 16.9. The monoisotopic (exact) mass is 325 g/mol. The maximum Gasteiger partial charge on any atom is 0.319 e. The lowest BCUT2D eigenvalue weighted by Crippen LogP contribution is -2.32. The number of aromatic nitrogens is 1. The molecule has 0 aliphatic rings. The number of nitrogens with one attached hydrogen (secondary N) is 2. The lowest BCUT2D eigenvalue weighted by Gasteiger charge is -2.14. The lowest BCUT2D eigenvalue weighted by molar-refractivity contribution is 0.170. The minimum absolute atomic E-state index is 0.106. The largest absolute Gasteiger partial charge is 0.386 e. The van der Waals surface area contributed by atoms with E-state index < -0.39 is 18.0 Å². The summed E-state index contributed by atoms with van der Waals surface area (Å²) in [5, 5.41) is 16.1. The summed E-state index contributed by atoms with van der Waals surface area (Å²) in [5.41, 5.74) is 1.38. The van der Waals surface area contributed by atoms with Gasteiger partial charge in [0.25, 0.3) is 0 Å². The van der Waals surface area contributed by atoms with Crippen LogP contribution in [0.25, 0.3) is 10.9 Å². The number of anilines is 1. The Labute approximate surface area is 138 Å². The van der Waals surface area contributed by atoms with Crippen LogP contribution in [0.4, 0.5) is 14.9 Å². The van der Waals surface area contributed by atoms with E-state index in [1.165, 1.54) is 12.1 Å². The molecule has 1 atom stereocenters. The Morgan fingerprint density at radius 3 is 2.75 bits per heavy atom. The molecule has 24 heavy (non-hydrogen) atoms. The average Bonchev–Trinajstić information content (AvgIpc) is 2.60. The zero-order valence-corrected chi connectivity index (χ0v) is 12.7. The number of para-hydroxylation sites is 1. The Hall–Kier alpha value is -2.99. The molecule has 0 saturated carbocycles. The van der Waals surface area contributed by atoms with Crippen molar-refractivity contribution >= 4 is 22.6 Å². The summed E-state index contributed by atoms with van der Waals surface area (Å²) in [5.74, 6) is -0.509. The van der Waals surface area contributed by atoms with E-state index in [1.807, 2.05) is 24.3 Å². The quantitative estimate of drug-likeness (QED) is 0.689. The molecule has 0 spiro atoms. The van der Waals surface area contributed by atoms with Crippen molar-refractivity contribution < 1.29 is 14.3 Å². The number of rotatable bonds is 4. The molecule has 2 amide bonds. The predicted octanol–water partition coefficient (Wildman–Crippen LogP) is 3.23. The van der Waals surface area contributed by atoms with Gasteiger partial charge in [-0.05, 0) is 18.2 Å². The molecule has 3 N–H and O–H groups in total. The molecule has 0 bridgehead atoms. The van der Waals surface area contributed by atoms with Gasteiger partial charge in [-0.2, -0.15) is 0 Å². The summed E-state index contributed by atoms with van der Waals surface area (Å²) in [4.78, 5) is 16.3.